The summed E-state index contributed by atoms with van der Waals surface area (Å²) in [6, 6.07) is 12.2. The summed E-state index contributed by atoms with van der Waals surface area (Å²) < 4.78 is 0.712. The summed E-state index contributed by atoms with van der Waals surface area (Å²) in [5, 5.41) is 0.556. The minimum Gasteiger partial charge on any atom is -0.267 e. The number of aryl methyl sites for hydroxylation is 1. The highest BCUT2D eigenvalue weighted by Crippen LogP contribution is 2.17. The van der Waals surface area contributed by atoms with Crippen molar-refractivity contribution in [3.8, 4) is 0 Å². The van der Waals surface area contributed by atoms with Gasteiger partial charge in [0.05, 0.1) is 5.56 Å². The average molecular weight is 429 g/mol. The summed E-state index contributed by atoms with van der Waals surface area (Å²) in [6.07, 6.45) is 0.910. The van der Waals surface area contributed by atoms with E-state index in [0.29, 0.717) is 19.7 Å². The Morgan fingerprint density at radius 3 is 2.27 bits per heavy atom. The Morgan fingerprint density at radius 1 is 1.05 bits per heavy atom. The molecule has 0 atom stereocenters. The topological polar surface area (TPSA) is 58.2 Å². The van der Waals surface area contributed by atoms with E-state index >= 15 is 0 Å². The van der Waals surface area contributed by atoms with Crippen LogP contribution in [-0.2, 0) is 6.42 Å². The van der Waals surface area contributed by atoms with Gasteiger partial charge >= 0.3 is 0 Å². The van der Waals surface area contributed by atoms with Gasteiger partial charge in [-0.25, -0.2) is 0 Å². The van der Waals surface area contributed by atoms with Crippen molar-refractivity contribution in [3.63, 3.8) is 0 Å². The van der Waals surface area contributed by atoms with Gasteiger partial charge in [0.15, 0.2) is 0 Å². The lowest BCUT2D eigenvalue weighted by molar-refractivity contribution is 0.0846. The summed E-state index contributed by atoms with van der Waals surface area (Å²) in [6.45, 7) is 2.04. The molecular formula is C16H14ClIN2O2. The first-order valence-electron chi connectivity index (χ1n) is 6.66. The number of hydrogen-bond donors (Lipinski definition) is 2. The standard InChI is InChI=1S/C16H14ClIN2O2/c1-2-10-3-5-11(6-4-10)15(21)19-20-16(22)13-8-7-12(17)9-14(13)18/h3-9H,2H2,1H3,(H,19,21)(H,20,22). The Hall–Kier alpha value is -1.60. The van der Waals surface area contributed by atoms with Crippen LogP contribution in [0.4, 0.5) is 0 Å². The van der Waals surface area contributed by atoms with Crippen LogP contribution < -0.4 is 10.9 Å². The maximum Gasteiger partial charge on any atom is 0.270 e. The molecule has 0 aliphatic heterocycles. The fourth-order valence-corrected chi connectivity index (χ4v) is 2.93. The largest absolute Gasteiger partial charge is 0.270 e. The van der Waals surface area contributed by atoms with Gasteiger partial charge in [0.2, 0.25) is 0 Å². The van der Waals surface area contributed by atoms with E-state index in [-0.39, 0.29) is 11.8 Å². The second-order valence-electron chi connectivity index (χ2n) is 4.58. The molecule has 0 saturated carbocycles. The Kier molecular flexibility index (Phi) is 5.79. The van der Waals surface area contributed by atoms with Crippen LogP contribution in [0, 0.1) is 3.57 Å². The van der Waals surface area contributed by atoms with E-state index in [1.165, 1.54) is 0 Å². The monoisotopic (exact) mass is 428 g/mol. The molecule has 0 aliphatic rings. The molecule has 0 heterocycles. The molecule has 2 rings (SSSR count). The summed E-state index contributed by atoms with van der Waals surface area (Å²) in [7, 11) is 0. The zero-order valence-electron chi connectivity index (χ0n) is 11.8. The maximum absolute atomic E-state index is 12.0. The summed E-state index contributed by atoms with van der Waals surface area (Å²) in [5.41, 5.74) is 6.89. The van der Waals surface area contributed by atoms with Gasteiger partial charge in [-0.3, -0.25) is 20.4 Å². The second-order valence-corrected chi connectivity index (χ2v) is 6.18. The first-order valence-corrected chi connectivity index (χ1v) is 8.11. The fraction of sp³-hybridized carbons (Fsp3) is 0.125. The molecule has 2 N–H and O–H groups in total. The van der Waals surface area contributed by atoms with Crippen molar-refractivity contribution in [2.24, 2.45) is 0 Å². The summed E-state index contributed by atoms with van der Waals surface area (Å²) >= 11 is 7.87. The van der Waals surface area contributed by atoms with Crippen molar-refractivity contribution in [1.29, 1.82) is 0 Å². The third-order valence-corrected chi connectivity index (χ3v) is 4.22. The molecule has 4 nitrogen and oxygen atoms in total. The molecule has 0 fully saturated rings. The van der Waals surface area contributed by atoms with Crippen molar-refractivity contribution >= 4 is 46.0 Å². The number of benzene rings is 2. The lowest BCUT2D eigenvalue weighted by atomic mass is 10.1. The van der Waals surface area contributed by atoms with Crippen LogP contribution in [-0.4, -0.2) is 11.8 Å². The molecule has 0 aromatic heterocycles. The number of carbonyl (C=O) groups is 2. The Labute approximate surface area is 147 Å². The van der Waals surface area contributed by atoms with E-state index in [0.717, 1.165) is 12.0 Å². The number of hydrogen-bond acceptors (Lipinski definition) is 2. The molecule has 0 saturated heterocycles. The van der Waals surface area contributed by atoms with Gasteiger partial charge in [-0.2, -0.15) is 0 Å². The summed E-state index contributed by atoms with van der Waals surface area (Å²) in [4.78, 5) is 24.0. The maximum atomic E-state index is 12.0. The minimum absolute atomic E-state index is 0.361. The van der Waals surface area contributed by atoms with E-state index in [9.17, 15) is 9.59 Å². The van der Waals surface area contributed by atoms with Crippen molar-refractivity contribution in [3.05, 3.63) is 67.7 Å². The molecule has 2 amide bonds. The number of nitrogens with one attached hydrogen (secondary N) is 2. The Balaban J connectivity index is 1.99. The van der Waals surface area contributed by atoms with Gasteiger partial charge in [-0.05, 0) is 64.9 Å². The highest BCUT2D eigenvalue weighted by atomic mass is 127. The van der Waals surface area contributed by atoms with Crippen molar-refractivity contribution in [2.45, 2.75) is 13.3 Å². The second kappa shape index (κ2) is 7.60. The molecule has 0 radical (unpaired) electrons. The smallest absolute Gasteiger partial charge is 0.267 e. The van der Waals surface area contributed by atoms with Gasteiger partial charge in [0.25, 0.3) is 11.8 Å². The molecular weight excluding hydrogens is 415 g/mol. The van der Waals surface area contributed by atoms with Crippen LogP contribution in [0.25, 0.3) is 0 Å². The van der Waals surface area contributed by atoms with Gasteiger partial charge in [0.1, 0.15) is 0 Å². The van der Waals surface area contributed by atoms with Gasteiger partial charge in [0, 0.05) is 14.2 Å². The third kappa shape index (κ3) is 4.20. The fourth-order valence-electron chi connectivity index (χ4n) is 1.82. The van der Waals surface area contributed by atoms with E-state index in [1.807, 2.05) is 41.6 Å². The average Bonchev–Trinajstić information content (AvgIpc) is 2.52. The highest BCUT2D eigenvalue weighted by molar-refractivity contribution is 14.1. The first kappa shape index (κ1) is 16.8. The zero-order valence-corrected chi connectivity index (χ0v) is 14.7. The predicted molar refractivity (Wildman–Crippen MR) is 94.9 cm³/mol. The Bertz CT molecular complexity index is 702. The third-order valence-electron chi connectivity index (χ3n) is 3.09. The predicted octanol–water partition coefficient (Wildman–Crippen LogP) is 3.58. The van der Waals surface area contributed by atoms with Gasteiger partial charge in [-0.15, -0.1) is 0 Å². The molecule has 22 heavy (non-hydrogen) atoms. The van der Waals surface area contributed by atoms with E-state index in [1.54, 1.807) is 30.3 Å². The molecule has 0 spiro atoms. The van der Waals surface area contributed by atoms with Crippen LogP contribution in [0.15, 0.2) is 42.5 Å². The quantitative estimate of drug-likeness (QED) is 0.580. The molecule has 6 heteroatoms. The van der Waals surface area contributed by atoms with E-state index in [4.69, 9.17) is 11.6 Å². The number of rotatable bonds is 3. The molecule has 0 bridgehead atoms. The van der Waals surface area contributed by atoms with Crippen LogP contribution in [0.2, 0.25) is 5.02 Å². The van der Waals surface area contributed by atoms with Gasteiger partial charge in [-0.1, -0.05) is 30.7 Å². The lowest BCUT2D eigenvalue weighted by Gasteiger charge is -2.09. The number of amides is 2. The van der Waals surface area contributed by atoms with Crippen LogP contribution in [0.5, 0.6) is 0 Å². The van der Waals surface area contributed by atoms with E-state index in [2.05, 4.69) is 10.9 Å². The zero-order chi connectivity index (χ0) is 16.1. The molecule has 2 aromatic rings. The number of halogens is 2. The first-order chi connectivity index (χ1) is 10.5. The van der Waals surface area contributed by atoms with Crippen LogP contribution in [0.3, 0.4) is 0 Å². The van der Waals surface area contributed by atoms with Crippen LogP contribution in [0.1, 0.15) is 33.2 Å². The lowest BCUT2D eigenvalue weighted by Crippen LogP contribution is -2.41. The molecule has 0 unspecified atom stereocenters. The normalized spacial score (nSPS) is 10.1. The molecule has 2 aromatic carbocycles. The van der Waals surface area contributed by atoms with Gasteiger partial charge < -0.3 is 0 Å². The minimum atomic E-state index is -0.389. The summed E-state index contributed by atoms with van der Waals surface area (Å²) in [5.74, 6) is -0.750. The Morgan fingerprint density at radius 2 is 1.68 bits per heavy atom. The van der Waals surface area contributed by atoms with Crippen LogP contribution >= 0.6 is 34.2 Å². The number of hydrazine groups is 1. The molecule has 0 aliphatic carbocycles. The highest BCUT2D eigenvalue weighted by Gasteiger charge is 2.12. The molecule has 114 valence electrons. The van der Waals surface area contributed by atoms with E-state index < -0.39 is 0 Å². The van der Waals surface area contributed by atoms with Crippen molar-refractivity contribution < 1.29 is 9.59 Å². The SMILES string of the molecule is CCc1ccc(C(=O)NNC(=O)c2ccc(Cl)cc2I)cc1. The van der Waals surface area contributed by atoms with Crippen molar-refractivity contribution in [2.75, 3.05) is 0 Å². The van der Waals surface area contributed by atoms with Crippen molar-refractivity contribution in [1.82, 2.24) is 10.9 Å². The number of carbonyl (C=O) groups excluding carboxylic acids is 2.